The first-order valence-electron chi connectivity index (χ1n) is 4.46. The normalized spacial score (nSPS) is 13.9. The lowest BCUT2D eigenvalue weighted by atomic mass is 10.1. The van der Waals surface area contributed by atoms with Crippen LogP contribution < -0.4 is 11.1 Å². The molecule has 0 aromatic rings. The minimum absolute atomic E-state index is 0.103. The van der Waals surface area contributed by atoms with Gasteiger partial charge in [0.25, 0.3) is 0 Å². The Kier molecular flexibility index (Phi) is 4.95. The summed E-state index contributed by atoms with van der Waals surface area (Å²) in [7, 11) is 1.39. The number of nitrogens with two attached hydrogens (primary N) is 1. The molecule has 4 nitrogen and oxygen atoms in total. The van der Waals surface area contributed by atoms with E-state index in [1.807, 2.05) is 20.8 Å². The first-order valence-corrected chi connectivity index (χ1v) is 4.46. The standard InChI is InChI=1S/C9H20N2O2/c1-9(2,3)11-7(5-6-10)8(12)13-4/h7,11H,5-6,10H2,1-4H3. The molecule has 0 fully saturated rings. The Morgan fingerprint density at radius 1 is 1.54 bits per heavy atom. The Labute approximate surface area is 79.8 Å². The zero-order valence-electron chi connectivity index (χ0n) is 8.89. The van der Waals surface area contributed by atoms with Crippen molar-refractivity contribution in [2.24, 2.45) is 5.73 Å². The molecule has 0 radical (unpaired) electrons. The maximum atomic E-state index is 11.2. The van der Waals surface area contributed by atoms with Crippen molar-refractivity contribution in [3.05, 3.63) is 0 Å². The van der Waals surface area contributed by atoms with Gasteiger partial charge in [0, 0.05) is 5.54 Å². The lowest BCUT2D eigenvalue weighted by Gasteiger charge is -2.26. The van der Waals surface area contributed by atoms with Gasteiger partial charge < -0.3 is 10.5 Å². The molecule has 13 heavy (non-hydrogen) atoms. The van der Waals surface area contributed by atoms with E-state index in [9.17, 15) is 4.79 Å². The molecular weight excluding hydrogens is 168 g/mol. The summed E-state index contributed by atoms with van der Waals surface area (Å²) in [6.07, 6.45) is 0.601. The average molecular weight is 188 g/mol. The zero-order valence-corrected chi connectivity index (χ0v) is 8.89. The first kappa shape index (κ1) is 12.4. The second-order valence-electron chi connectivity index (χ2n) is 4.05. The summed E-state index contributed by atoms with van der Waals surface area (Å²) in [5.74, 6) is -0.250. The van der Waals surface area contributed by atoms with Gasteiger partial charge in [-0.1, -0.05) is 0 Å². The van der Waals surface area contributed by atoms with E-state index in [-0.39, 0.29) is 17.6 Å². The number of rotatable bonds is 4. The van der Waals surface area contributed by atoms with E-state index in [4.69, 9.17) is 5.73 Å². The van der Waals surface area contributed by atoms with Crippen molar-refractivity contribution in [2.45, 2.75) is 38.8 Å². The van der Waals surface area contributed by atoms with Gasteiger partial charge in [0.1, 0.15) is 6.04 Å². The summed E-state index contributed by atoms with van der Waals surface area (Å²) < 4.78 is 4.65. The number of methoxy groups -OCH3 is 1. The Balaban J connectivity index is 4.17. The summed E-state index contributed by atoms with van der Waals surface area (Å²) in [5.41, 5.74) is 5.29. The molecule has 0 rings (SSSR count). The monoisotopic (exact) mass is 188 g/mol. The summed E-state index contributed by atoms with van der Waals surface area (Å²) in [4.78, 5) is 11.2. The SMILES string of the molecule is COC(=O)C(CCN)NC(C)(C)C. The largest absolute Gasteiger partial charge is 0.468 e. The molecule has 1 atom stereocenters. The van der Waals surface area contributed by atoms with Crippen molar-refractivity contribution < 1.29 is 9.53 Å². The van der Waals surface area contributed by atoms with Crippen molar-refractivity contribution in [3.8, 4) is 0 Å². The van der Waals surface area contributed by atoms with Crippen LogP contribution in [0.4, 0.5) is 0 Å². The molecule has 0 aromatic carbocycles. The average Bonchev–Trinajstić information content (AvgIpc) is 2.00. The van der Waals surface area contributed by atoms with Crippen molar-refractivity contribution in [1.82, 2.24) is 5.32 Å². The highest BCUT2D eigenvalue weighted by atomic mass is 16.5. The molecular formula is C9H20N2O2. The van der Waals surface area contributed by atoms with Gasteiger partial charge in [0.05, 0.1) is 7.11 Å². The van der Waals surface area contributed by atoms with Gasteiger partial charge in [-0.3, -0.25) is 10.1 Å². The number of hydrogen-bond acceptors (Lipinski definition) is 4. The fourth-order valence-electron chi connectivity index (χ4n) is 1.08. The van der Waals surface area contributed by atoms with Crippen LogP contribution in [0, 0.1) is 0 Å². The van der Waals surface area contributed by atoms with Gasteiger partial charge in [-0.25, -0.2) is 0 Å². The Hall–Kier alpha value is -0.610. The van der Waals surface area contributed by atoms with E-state index in [0.29, 0.717) is 13.0 Å². The van der Waals surface area contributed by atoms with Gasteiger partial charge in [-0.2, -0.15) is 0 Å². The number of carbonyl (C=O) groups excluding carboxylic acids is 1. The first-order chi connectivity index (χ1) is 5.90. The van der Waals surface area contributed by atoms with Crippen LogP contribution in [0.3, 0.4) is 0 Å². The lowest BCUT2D eigenvalue weighted by Crippen LogP contribution is -2.48. The molecule has 0 saturated heterocycles. The van der Waals surface area contributed by atoms with Gasteiger partial charge in [0.2, 0.25) is 0 Å². The van der Waals surface area contributed by atoms with E-state index >= 15 is 0 Å². The van der Waals surface area contributed by atoms with E-state index in [0.717, 1.165) is 0 Å². The van der Waals surface area contributed by atoms with Crippen LogP contribution in [0.1, 0.15) is 27.2 Å². The highest BCUT2D eigenvalue weighted by Gasteiger charge is 2.23. The van der Waals surface area contributed by atoms with Crippen LogP contribution in [0.25, 0.3) is 0 Å². The quantitative estimate of drug-likeness (QED) is 0.621. The number of ether oxygens (including phenoxy) is 1. The minimum Gasteiger partial charge on any atom is -0.468 e. The van der Waals surface area contributed by atoms with E-state index in [1.165, 1.54) is 7.11 Å². The van der Waals surface area contributed by atoms with Gasteiger partial charge in [-0.15, -0.1) is 0 Å². The van der Waals surface area contributed by atoms with E-state index < -0.39 is 0 Å². The lowest BCUT2D eigenvalue weighted by molar-refractivity contribution is -0.143. The molecule has 0 saturated carbocycles. The second kappa shape index (κ2) is 5.19. The third-order valence-corrected chi connectivity index (χ3v) is 1.55. The van der Waals surface area contributed by atoms with Crippen molar-refractivity contribution in [1.29, 1.82) is 0 Å². The van der Waals surface area contributed by atoms with Crippen molar-refractivity contribution in [2.75, 3.05) is 13.7 Å². The van der Waals surface area contributed by atoms with Crippen LogP contribution in [0.5, 0.6) is 0 Å². The Bertz CT molecular complexity index is 163. The smallest absolute Gasteiger partial charge is 0.322 e. The molecule has 1 unspecified atom stereocenters. The fourth-order valence-corrected chi connectivity index (χ4v) is 1.08. The minimum atomic E-state index is -0.296. The number of esters is 1. The Morgan fingerprint density at radius 3 is 2.38 bits per heavy atom. The molecule has 0 aliphatic rings. The molecule has 0 aromatic heterocycles. The molecule has 0 amide bonds. The highest BCUT2D eigenvalue weighted by Crippen LogP contribution is 2.04. The van der Waals surface area contributed by atoms with Crippen molar-refractivity contribution >= 4 is 5.97 Å². The topological polar surface area (TPSA) is 64.3 Å². The predicted molar refractivity (Wildman–Crippen MR) is 52.4 cm³/mol. The number of carbonyl (C=O) groups is 1. The summed E-state index contributed by atoms with van der Waals surface area (Å²) >= 11 is 0. The molecule has 4 heteroatoms. The van der Waals surface area contributed by atoms with E-state index in [2.05, 4.69) is 10.1 Å². The van der Waals surface area contributed by atoms with Crippen LogP contribution in [-0.4, -0.2) is 31.2 Å². The summed E-state index contributed by atoms with van der Waals surface area (Å²) in [6.45, 7) is 6.47. The van der Waals surface area contributed by atoms with Crippen LogP contribution in [0.2, 0.25) is 0 Å². The Morgan fingerprint density at radius 2 is 2.08 bits per heavy atom. The maximum absolute atomic E-state index is 11.2. The number of hydrogen-bond donors (Lipinski definition) is 2. The van der Waals surface area contributed by atoms with Crippen LogP contribution in [0.15, 0.2) is 0 Å². The fraction of sp³-hybridized carbons (Fsp3) is 0.889. The zero-order chi connectivity index (χ0) is 10.5. The second-order valence-corrected chi connectivity index (χ2v) is 4.05. The van der Waals surface area contributed by atoms with Gasteiger partial charge in [-0.05, 0) is 33.7 Å². The van der Waals surface area contributed by atoms with Crippen LogP contribution >= 0.6 is 0 Å². The highest BCUT2D eigenvalue weighted by molar-refractivity contribution is 5.75. The maximum Gasteiger partial charge on any atom is 0.322 e. The third kappa shape index (κ3) is 5.60. The predicted octanol–water partition coefficient (Wildman–Crippen LogP) is 0.265. The van der Waals surface area contributed by atoms with E-state index in [1.54, 1.807) is 0 Å². The van der Waals surface area contributed by atoms with Crippen LogP contribution in [-0.2, 0) is 9.53 Å². The molecule has 0 heterocycles. The molecule has 0 spiro atoms. The molecule has 0 aliphatic heterocycles. The van der Waals surface area contributed by atoms with Crippen molar-refractivity contribution in [3.63, 3.8) is 0 Å². The molecule has 78 valence electrons. The summed E-state index contributed by atoms with van der Waals surface area (Å²) in [5, 5.41) is 3.15. The molecule has 3 N–H and O–H groups in total. The van der Waals surface area contributed by atoms with Gasteiger partial charge >= 0.3 is 5.97 Å². The van der Waals surface area contributed by atoms with Gasteiger partial charge in [0.15, 0.2) is 0 Å². The molecule has 0 bridgehead atoms. The third-order valence-electron chi connectivity index (χ3n) is 1.55. The molecule has 0 aliphatic carbocycles. The summed E-state index contributed by atoms with van der Waals surface area (Å²) in [6, 6.07) is -0.296. The number of nitrogens with one attached hydrogen (secondary N) is 1.